The van der Waals surface area contributed by atoms with Crippen LogP contribution in [0.15, 0.2) is 30.7 Å². The molecule has 0 spiro atoms. The van der Waals surface area contributed by atoms with E-state index >= 15 is 0 Å². The van der Waals surface area contributed by atoms with Crippen molar-refractivity contribution < 1.29 is 0 Å². The number of nitrogens with one attached hydrogen (secondary N) is 1. The standard InChI is InChI=1S/C13H14Cl2N4/c1-19(2)12-6-9(14)5-11(15)10(12)7-18-13-8-16-3-4-17-13/h3-6,8H,7H2,1-2H3,(H,17,18). The highest BCUT2D eigenvalue weighted by Crippen LogP contribution is 2.31. The average Bonchev–Trinajstić information content (AvgIpc) is 2.38. The summed E-state index contributed by atoms with van der Waals surface area (Å²) in [5, 5.41) is 4.44. The van der Waals surface area contributed by atoms with Gasteiger partial charge in [0.1, 0.15) is 5.82 Å². The molecular weight excluding hydrogens is 283 g/mol. The number of aromatic nitrogens is 2. The first-order valence-electron chi connectivity index (χ1n) is 5.73. The molecule has 1 aromatic carbocycles. The maximum absolute atomic E-state index is 6.26. The molecule has 1 aromatic heterocycles. The van der Waals surface area contributed by atoms with Crippen LogP contribution in [0.4, 0.5) is 11.5 Å². The van der Waals surface area contributed by atoms with Crippen LogP contribution in [0.25, 0.3) is 0 Å². The van der Waals surface area contributed by atoms with E-state index in [1.165, 1.54) is 0 Å². The van der Waals surface area contributed by atoms with Gasteiger partial charge >= 0.3 is 0 Å². The highest BCUT2D eigenvalue weighted by atomic mass is 35.5. The van der Waals surface area contributed by atoms with Gasteiger partial charge in [-0.25, -0.2) is 4.98 Å². The predicted octanol–water partition coefficient (Wildman–Crippen LogP) is 3.46. The van der Waals surface area contributed by atoms with Crippen molar-refractivity contribution in [2.75, 3.05) is 24.3 Å². The number of anilines is 2. The van der Waals surface area contributed by atoms with Crippen molar-refractivity contribution in [2.24, 2.45) is 0 Å². The Morgan fingerprint density at radius 1 is 1.21 bits per heavy atom. The van der Waals surface area contributed by atoms with Crippen molar-refractivity contribution in [1.29, 1.82) is 0 Å². The van der Waals surface area contributed by atoms with Gasteiger partial charge in [-0.1, -0.05) is 23.2 Å². The van der Waals surface area contributed by atoms with Crippen molar-refractivity contribution in [2.45, 2.75) is 6.54 Å². The summed E-state index contributed by atoms with van der Waals surface area (Å²) in [5.41, 5.74) is 1.95. The molecule has 6 heteroatoms. The molecule has 0 amide bonds. The number of hydrogen-bond donors (Lipinski definition) is 1. The molecule has 0 fully saturated rings. The van der Waals surface area contributed by atoms with Crippen LogP contribution in [-0.4, -0.2) is 24.1 Å². The summed E-state index contributed by atoms with van der Waals surface area (Å²) >= 11 is 12.3. The Morgan fingerprint density at radius 2 is 2.00 bits per heavy atom. The van der Waals surface area contributed by atoms with Crippen molar-refractivity contribution in [3.05, 3.63) is 46.3 Å². The number of halogens is 2. The van der Waals surface area contributed by atoms with Crippen LogP contribution in [0.5, 0.6) is 0 Å². The maximum atomic E-state index is 6.26. The lowest BCUT2D eigenvalue weighted by Gasteiger charge is -2.19. The van der Waals surface area contributed by atoms with Gasteiger partial charge in [0.25, 0.3) is 0 Å². The molecule has 100 valence electrons. The Morgan fingerprint density at radius 3 is 2.63 bits per heavy atom. The summed E-state index contributed by atoms with van der Waals surface area (Å²) in [5.74, 6) is 0.707. The molecular formula is C13H14Cl2N4. The lowest BCUT2D eigenvalue weighted by atomic mass is 10.1. The molecule has 0 radical (unpaired) electrons. The molecule has 4 nitrogen and oxygen atoms in total. The van der Waals surface area contributed by atoms with E-state index in [2.05, 4.69) is 15.3 Å². The monoisotopic (exact) mass is 296 g/mol. The van der Waals surface area contributed by atoms with Crippen molar-refractivity contribution in [1.82, 2.24) is 9.97 Å². The highest BCUT2D eigenvalue weighted by Gasteiger charge is 2.11. The van der Waals surface area contributed by atoms with Crippen molar-refractivity contribution >= 4 is 34.7 Å². The first-order valence-corrected chi connectivity index (χ1v) is 6.48. The van der Waals surface area contributed by atoms with E-state index < -0.39 is 0 Å². The van der Waals surface area contributed by atoms with E-state index in [-0.39, 0.29) is 0 Å². The zero-order valence-electron chi connectivity index (χ0n) is 10.7. The van der Waals surface area contributed by atoms with Crippen LogP contribution in [0.3, 0.4) is 0 Å². The smallest absolute Gasteiger partial charge is 0.144 e. The topological polar surface area (TPSA) is 41.0 Å². The van der Waals surface area contributed by atoms with Gasteiger partial charge in [-0.15, -0.1) is 0 Å². The molecule has 0 aliphatic carbocycles. The molecule has 0 unspecified atom stereocenters. The molecule has 19 heavy (non-hydrogen) atoms. The molecule has 0 aliphatic heterocycles. The summed E-state index contributed by atoms with van der Waals surface area (Å²) in [6.45, 7) is 0.558. The van der Waals surface area contributed by atoms with Crippen LogP contribution in [0.1, 0.15) is 5.56 Å². The minimum absolute atomic E-state index is 0.558. The molecule has 0 saturated heterocycles. The normalized spacial score (nSPS) is 10.3. The Kier molecular flexibility index (Phi) is 4.45. The lowest BCUT2D eigenvalue weighted by molar-refractivity contribution is 1.05. The fourth-order valence-corrected chi connectivity index (χ4v) is 2.28. The third-order valence-corrected chi connectivity index (χ3v) is 3.18. The van der Waals surface area contributed by atoms with Crippen LogP contribution < -0.4 is 10.2 Å². The van der Waals surface area contributed by atoms with E-state index in [9.17, 15) is 0 Å². The molecule has 2 rings (SSSR count). The number of hydrogen-bond acceptors (Lipinski definition) is 4. The third kappa shape index (κ3) is 3.49. The lowest BCUT2D eigenvalue weighted by Crippen LogP contribution is -2.14. The largest absolute Gasteiger partial charge is 0.377 e. The molecule has 1 heterocycles. The van der Waals surface area contributed by atoms with Gasteiger partial charge in [-0.3, -0.25) is 4.98 Å². The van der Waals surface area contributed by atoms with Crippen molar-refractivity contribution in [3.8, 4) is 0 Å². The minimum Gasteiger partial charge on any atom is -0.377 e. The van der Waals surface area contributed by atoms with Gasteiger partial charge in [0.05, 0.1) is 6.20 Å². The molecule has 0 bridgehead atoms. The minimum atomic E-state index is 0.558. The Hall–Kier alpha value is -1.52. The fraction of sp³-hybridized carbons (Fsp3) is 0.231. The van der Waals surface area contributed by atoms with Gasteiger partial charge in [0.2, 0.25) is 0 Å². The number of benzene rings is 1. The first kappa shape index (κ1) is 13.9. The van der Waals surface area contributed by atoms with E-state index in [4.69, 9.17) is 23.2 Å². The molecule has 0 atom stereocenters. The number of nitrogens with zero attached hydrogens (tertiary/aromatic N) is 3. The Balaban J connectivity index is 2.24. The molecule has 2 aromatic rings. The summed E-state index contributed by atoms with van der Waals surface area (Å²) in [6, 6.07) is 3.63. The Labute approximate surface area is 122 Å². The zero-order chi connectivity index (χ0) is 13.8. The summed E-state index contributed by atoms with van der Waals surface area (Å²) in [6.07, 6.45) is 4.93. The van der Waals surface area contributed by atoms with Gasteiger partial charge in [-0.05, 0) is 12.1 Å². The van der Waals surface area contributed by atoms with Crippen molar-refractivity contribution in [3.63, 3.8) is 0 Å². The van der Waals surface area contributed by atoms with Crippen LogP contribution >= 0.6 is 23.2 Å². The predicted molar refractivity (Wildman–Crippen MR) is 80.1 cm³/mol. The fourth-order valence-electron chi connectivity index (χ4n) is 1.73. The second kappa shape index (κ2) is 6.08. The van der Waals surface area contributed by atoms with Gasteiger partial charge < -0.3 is 10.2 Å². The van der Waals surface area contributed by atoms with Gasteiger partial charge in [-0.2, -0.15) is 0 Å². The molecule has 0 aliphatic rings. The maximum Gasteiger partial charge on any atom is 0.144 e. The second-order valence-electron chi connectivity index (χ2n) is 4.22. The zero-order valence-corrected chi connectivity index (χ0v) is 12.2. The van der Waals surface area contributed by atoms with Crippen LogP contribution in [-0.2, 0) is 6.54 Å². The molecule has 1 N–H and O–H groups in total. The number of rotatable bonds is 4. The van der Waals surface area contributed by atoms with Crippen LogP contribution in [0.2, 0.25) is 10.0 Å². The first-order chi connectivity index (χ1) is 9.08. The average molecular weight is 297 g/mol. The van der Waals surface area contributed by atoms with Gasteiger partial charge in [0.15, 0.2) is 0 Å². The second-order valence-corrected chi connectivity index (χ2v) is 5.07. The summed E-state index contributed by atoms with van der Waals surface area (Å²) < 4.78 is 0. The summed E-state index contributed by atoms with van der Waals surface area (Å²) in [7, 11) is 3.90. The van der Waals surface area contributed by atoms with E-state index in [0.29, 0.717) is 22.4 Å². The van der Waals surface area contributed by atoms with E-state index in [1.807, 2.05) is 25.1 Å². The summed E-state index contributed by atoms with van der Waals surface area (Å²) in [4.78, 5) is 10.1. The van der Waals surface area contributed by atoms with Crippen LogP contribution in [0, 0.1) is 0 Å². The Bertz CT molecular complexity index is 558. The quantitative estimate of drug-likeness (QED) is 0.938. The van der Waals surface area contributed by atoms with E-state index in [1.54, 1.807) is 24.7 Å². The van der Waals surface area contributed by atoms with E-state index in [0.717, 1.165) is 11.3 Å². The third-order valence-electron chi connectivity index (χ3n) is 2.63. The highest BCUT2D eigenvalue weighted by molar-refractivity contribution is 6.35. The molecule has 0 saturated carbocycles. The van der Waals surface area contributed by atoms with Gasteiger partial charge in [0, 0.05) is 54.3 Å². The SMILES string of the molecule is CN(C)c1cc(Cl)cc(Cl)c1CNc1cnccn1.